The van der Waals surface area contributed by atoms with Crippen LogP contribution in [0.5, 0.6) is 0 Å². The SMILES string of the molecule is CC(C)(CNC(=O)CC(=O)O)c1cccc(Br)c1. The fraction of sp³-hybridized carbons (Fsp3) is 0.385. The van der Waals surface area contributed by atoms with Gasteiger partial charge >= 0.3 is 5.97 Å². The molecule has 0 aliphatic rings. The lowest BCUT2D eigenvalue weighted by Crippen LogP contribution is -2.37. The molecule has 0 radical (unpaired) electrons. The van der Waals surface area contributed by atoms with Crippen LogP contribution in [0.3, 0.4) is 0 Å². The van der Waals surface area contributed by atoms with Crippen molar-refractivity contribution < 1.29 is 14.7 Å². The average Bonchev–Trinajstić information content (AvgIpc) is 2.26. The van der Waals surface area contributed by atoms with Crippen LogP contribution in [0.2, 0.25) is 0 Å². The van der Waals surface area contributed by atoms with E-state index in [1.807, 2.05) is 38.1 Å². The van der Waals surface area contributed by atoms with Gasteiger partial charge in [0.05, 0.1) is 0 Å². The number of carbonyl (C=O) groups is 2. The van der Waals surface area contributed by atoms with E-state index < -0.39 is 18.3 Å². The average molecular weight is 314 g/mol. The Bertz CT molecular complexity index is 457. The Kier molecular flexibility index (Phi) is 4.90. The molecule has 0 unspecified atom stereocenters. The van der Waals surface area contributed by atoms with E-state index >= 15 is 0 Å². The van der Waals surface area contributed by atoms with Gasteiger partial charge in [-0.1, -0.05) is 41.9 Å². The standard InChI is InChI=1S/C13H16BrNO3/c1-13(2,8-15-11(16)7-12(17)18)9-4-3-5-10(14)6-9/h3-6H,7-8H2,1-2H3,(H,15,16)(H,17,18). The van der Waals surface area contributed by atoms with Gasteiger partial charge in [-0.15, -0.1) is 0 Å². The number of benzene rings is 1. The van der Waals surface area contributed by atoms with Crippen molar-refractivity contribution in [3.8, 4) is 0 Å². The number of carbonyl (C=O) groups excluding carboxylic acids is 1. The molecule has 0 aliphatic carbocycles. The van der Waals surface area contributed by atoms with Crippen molar-refractivity contribution >= 4 is 27.8 Å². The maximum Gasteiger partial charge on any atom is 0.312 e. The zero-order chi connectivity index (χ0) is 13.8. The molecule has 0 saturated carbocycles. The maximum atomic E-state index is 11.3. The van der Waals surface area contributed by atoms with Crippen LogP contribution in [0.4, 0.5) is 0 Å². The van der Waals surface area contributed by atoms with Crippen molar-refractivity contribution in [3.05, 3.63) is 34.3 Å². The molecule has 18 heavy (non-hydrogen) atoms. The van der Waals surface area contributed by atoms with E-state index in [9.17, 15) is 9.59 Å². The Balaban J connectivity index is 2.65. The number of nitrogens with one attached hydrogen (secondary N) is 1. The van der Waals surface area contributed by atoms with Gasteiger partial charge in [0.15, 0.2) is 0 Å². The number of carboxylic acids is 1. The lowest BCUT2D eigenvalue weighted by atomic mass is 9.84. The van der Waals surface area contributed by atoms with Crippen molar-refractivity contribution in [3.63, 3.8) is 0 Å². The zero-order valence-corrected chi connectivity index (χ0v) is 12.0. The van der Waals surface area contributed by atoms with E-state index in [2.05, 4.69) is 21.2 Å². The summed E-state index contributed by atoms with van der Waals surface area (Å²) in [4.78, 5) is 21.7. The molecule has 0 saturated heterocycles. The highest BCUT2D eigenvalue weighted by Gasteiger charge is 2.22. The summed E-state index contributed by atoms with van der Waals surface area (Å²) in [5.74, 6) is -1.58. The third-order valence-corrected chi connectivity index (χ3v) is 3.14. The van der Waals surface area contributed by atoms with Gasteiger partial charge in [-0.25, -0.2) is 0 Å². The molecule has 98 valence electrons. The molecule has 1 amide bonds. The van der Waals surface area contributed by atoms with E-state index in [1.165, 1.54) is 0 Å². The topological polar surface area (TPSA) is 66.4 Å². The van der Waals surface area contributed by atoms with Crippen LogP contribution < -0.4 is 5.32 Å². The number of halogens is 1. The molecule has 4 nitrogen and oxygen atoms in total. The first kappa shape index (κ1) is 14.7. The first-order valence-electron chi connectivity index (χ1n) is 5.56. The van der Waals surface area contributed by atoms with Gasteiger partial charge < -0.3 is 10.4 Å². The lowest BCUT2D eigenvalue weighted by molar-refractivity contribution is -0.140. The van der Waals surface area contributed by atoms with Gasteiger partial charge in [0.1, 0.15) is 6.42 Å². The van der Waals surface area contributed by atoms with Gasteiger partial charge in [-0.3, -0.25) is 9.59 Å². The Labute approximate surface area is 115 Å². The first-order valence-corrected chi connectivity index (χ1v) is 6.35. The Hall–Kier alpha value is -1.36. The molecular formula is C13H16BrNO3. The summed E-state index contributed by atoms with van der Waals surface area (Å²) in [5.41, 5.74) is 0.824. The predicted molar refractivity (Wildman–Crippen MR) is 72.4 cm³/mol. The number of aliphatic carboxylic acids is 1. The van der Waals surface area contributed by atoms with Crippen molar-refractivity contribution in [1.82, 2.24) is 5.32 Å². The highest BCUT2D eigenvalue weighted by molar-refractivity contribution is 9.10. The summed E-state index contributed by atoms with van der Waals surface area (Å²) >= 11 is 3.40. The van der Waals surface area contributed by atoms with E-state index in [4.69, 9.17) is 5.11 Å². The van der Waals surface area contributed by atoms with Crippen LogP contribution in [0.1, 0.15) is 25.8 Å². The first-order chi connectivity index (χ1) is 8.31. The fourth-order valence-corrected chi connectivity index (χ4v) is 1.93. The van der Waals surface area contributed by atoms with E-state index in [0.717, 1.165) is 10.0 Å². The quantitative estimate of drug-likeness (QED) is 0.820. The van der Waals surface area contributed by atoms with Crippen LogP contribution in [0.25, 0.3) is 0 Å². The Morgan fingerprint density at radius 2 is 2.06 bits per heavy atom. The van der Waals surface area contributed by atoms with Gasteiger partial charge in [0.25, 0.3) is 0 Å². The van der Waals surface area contributed by atoms with Crippen molar-refractivity contribution in [1.29, 1.82) is 0 Å². The smallest absolute Gasteiger partial charge is 0.312 e. The molecule has 1 aromatic carbocycles. The monoisotopic (exact) mass is 313 g/mol. The van der Waals surface area contributed by atoms with E-state index in [1.54, 1.807) is 0 Å². The zero-order valence-electron chi connectivity index (χ0n) is 10.4. The second-order valence-corrected chi connectivity index (χ2v) is 5.66. The summed E-state index contributed by atoms with van der Waals surface area (Å²) in [6, 6.07) is 7.83. The highest BCUT2D eigenvalue weighted by Crippen LogP contribution is 2.24. The maximum absolute atomic E-state index is 11.3. The Morgan fingerprint density at radius 1 is 1.39 bits per heavy atom. The van der Waals surface area contributed by atoms with Gasteiger partial charge in [-0.2, -0.15) is 0 Å². The van der Waals surface area contributed by atoms with Crippen LogP contribution >= 0.6 is 15.9 Å². The molecule has 2 N–H and O–H groups in total. The molecule has 0 fully saturated rings. The minimum Gasteiger partial charge on any atom is -0.481 e. The van der Waals surface area contributed by atoms with Crippen LogP contribution in [-0.4, -0.2) is 23.5 Å². The third-order valence-electron chi connectivity index (χ3n) is 2.65. The Morgan fingerprint density at radius 3 is 2.61 bits per heavy atom. The van der Waals surface area contributed by atoms with Crippen LogP contribution in [0, 0.1) is 0 Å². The second-order valence-electron chi connectivity index (χ2n) is 4.74. The molecule has 0 bridgehead atoms. The molecule has 0 aromatic heterocycles. The molecule has 1 rings (SSSR count). The van der Waals surface area contributed by atoms with Crippen LogP contribution in [-0.2, 0) is 15.0 Å². The normalized spacial score (nSPS) is 11.1. The molecular weight excluding hydrogens is 298 g/mol. The number of hydrogen-bond acceptors (Lipinski definition) is 2. The second kappa shape index (κ2) is 6.00. The highest BCUT2D eigenvalue weighted by atomic mass is 79.9. The summed E-state index contributed by atoms with van der Waals surface area (Å²) in [5, 5.41) is 11.1. The summed E-state index contributed by atoms with van der Waals surface area (Å²) < 4.78 is 0.977. The largest absolute Gasteiger partial charge is 0.481 e. The minimum absolute atomic E-state index is 0.252. The third kappa shape index (κ3) is 4.49. The van der Waals surface area contributed by atoms with E-state index in [-0.39, 0.29) is 5.41 Å². The van der Waals surface area contributed by atoms with Gasteiger partial charge in [0, 0.05) is 16.4 Å². The lowest BCUT2D eigenvalue weighted by Gasteiger charge is -2.25. The van der Waals surface area contributed by atoms with Gasteiger partial charge in [-0.05, 0) is 17.7 Å². The summed E-state index contributed by atoms with van der Waals surface area (Å²) in [7, 11) is 0. The summed E-state index contributed by atoms with van der Waals surface area (Å²) in [6.07, 6.45) is -0.492. The fourth-order valence-electron chi connectivity index (χ4n) is 1.53. The number of rotatable bonds is 5. The molecule has 1 aromatic rings. The molecule has 5 heteroatoms. The minimum atomic E-state index is -1.12. The van der Waals surface area contributed by atoms with Crippen molar-refractivity contribution in [2.45, 2.75) is 25.7 Å². The van der Waals surface area contributed by atoms with Gasteiger partial charge in [0.2, 0.25) is 5.91 Å². The van der Waals surface area contributed by atoms with Crippen molar-refractivity contribution in [2.75, 3.05) is 6.54 Å². The van der Waals surface area contributed by atoms with E-state index in [0.29, 0.717) is 6.54 Å². The predicted octanol–water partition coefficient (Wildman–Crippen LogP) is 2.32. The number of amides is 1. The molecule has 0 heterocycles. The number of carboxylic acid groups (broad SMARTS) is 1. The molecule has 0 spiro atoms. The number of hydrogen-bond donors (Lipinski definition) is 2. The van der Waals surface area contributed by atoms with Crippen molar-refractivity contribution in [2.24, 2.45) is 0 Å². The summed E-state index contributed by atoms with van der Waals surface area (Å²) in [6.45, 7) is 4.39. The van der Waals surface area contributed by atoms with Crippen LogP contribution in [0.15, 0.2) is 28.7 Å². The molecule has 0 atom stereocenters. The molecule has 0 aliphatic heterocycles.